The summed E-state index contributed by atoms with van der Waals surface area (Å²) in [6, 6.07) is 6.74. The van der Waals surface area contributed by atoms with E-state index in [1.807, 2.05) is 0 Å². The number of hydrogen-bond acceptors (Lipinski definition) is 3. The molecule has 1 aromatic rings. The number of carbonyl (C=O) groups excluding carboxylic acids is 1. The van der Waals surface area contributed by atoms with Gasteiger partial charge in [-0.2, -0.15) is 13.2 Å². The fraction of sp³-hybridized carbons (Fsp3) is 0.462. The second-order valence-electron chi connectivity index (χ2n) is 5.18. The normalized spacial score (nSPS) is 33.0. The molecule has 2 heterocycles. The molecule has 7 heteroatoms. The van der Waals surface area contributed by atoms with E-state index in [9.17, 15) is 23.1 Å². The highest BCUT2D eigenvalue weighted by Crippen LogP contribution is 2.47. The Balaban J connectivity index is 2.13. The first kappa shape index (κ1) is 13.4. The molecule has 0 bridgehead atoms. The summed E-state index contributed by atoms with van der Waals surface area (Å²) in [6.45, 7) is 1.60. The van der Waals surface area contributed by atoms with Crippen LogP contribution in [0.15, 0.2) is 24.3 Å². The van der Waals surface area contributed by atoms with Crippen LogP contribution in [0.4, 0.5) is 18.9 Å². The van der Waals surface area contributed by atoms with Gasteiger partial charge in [0.25, 0.3) is 5.91 Å². The first-order chi connectivity index (χ1) is 9.28. The molecule has 3 atom stereocenters. The third kappa shape index (κ3) is 1.47. The van der Waals surface area contributed by atoms with Gasteiger partial charge >= 0.3 is 6.18 Å². The second kappa shape index (κ2) is 3.95. The maximum atomic E-state index is 13.1. The number of hydrogen-bond donors (Lipinski definition) is 2. The van der Waals surface area contributed by atoms with E-state index in [0.717, 1.165) is 10.5 Å². The van der Waals surface area contributed by atoms with Gasteiger partial charge in [0, 0.05) is 18.2 Å². The zero-order chi connectivity index (χ0) is 14.7. The molecule has 2 aliphatic heterocycles. The molecular weight excluding hydrogens is 273 g/mol. The van der Waals surface area contributed by atoms with Crippen LogP contribution in [-0.4, -0.2) is 29.0 Å². The lowest BCUT2D eigenvalue weighted by molar-refractivity contribution is -0.259. The van der Waals surface area contributed by atoms with E-state index < -0.39 is 29.8 Å². The number of fused-ring (bicyclic) bond motifs is 3. The number of nitrogens with one attached hydrogen (secondary N) is 1. The Morgan fingerprint density at radius 1 is 1.40 bits per heavy atom. The van der Waals surface area contributed by atoms with Crippen LogP contribution in [-0.2, 0) is 11.3 Å². The Hall–Kier alpha value is -1.60. The molecule has 2 N–H and O–H groups in total. The molecule has 0 unspecified atom stereocenters. The van der Waals surface area contributed by atoms with Gasteiger partial charge in [0.15, 0.2) is 0 Å². The molecule has 1 aromatic carbocycles. The first-order valence-corrected chi connectivity index (χ1v) is 6.22. The number of nitrogens with zero attached hydrogens (tertiary/aromatic N) is 1. The summed E-state index contributed by atoms with van der Waals surface area (Å²) in [5.41, 5.74) is -2.19. The van der Waals surface area contributed by atoms with Crippen LogP contribution in [0.5, 0.6) is 0 Å². The molecule has 0 aromatic heterocycles. The minimum atomic E-state index is -5.00. The zero-order valence-corrected chi connectivity index (χ0v) is 10.6. The van der Waals surface area contributed by atoms with Gasteiger partial charge < -0.3 is 5.11 Å². The predicted octanol–water partition coefficient (Wildman–Crippen LogP) is 1.39. The van der Waals surface area contributed by atoms with E-state index in [0.29, 0.717) is 12.2 Å². The van der Waals surface area contributed by atoms with Crippen LogP contribution < -0.4 is 10.2 Å². The van der Waals surface area contributed by atoms with E-state index >= 15 is 0 Å². The van der Waals surface area contributed by atoms with E-state index in [1.54, 1.807) is 24.3 Å². The predicted molar refractivity (Wildman–Crippen MR) is 64.7 cm³/mol. The van der Waals surface area contributed by atoms with E-state index in [2.05, 4.69) is 5.32 Å². The monoisotopic (exact) mass is 286 g/mol. The lowest BCUT2D eigenvalue weighted by Gasteiger charge is -2.34. The molecule has 1 fully saturated rings. The minimum Gasteiger partial charge on any atom is -0.372 e. The molecule has 1 amide bonds. The molecule has 3 rings (SSSR count). The van der Waals surface area contributed by atoms with Gasteiger partial charge in [-0.3, -0.25) is 15.0 Å². The number of rotatable bonds is 0. The number of amides is 1. The number of halogens is 3. The average Bonchev–Trinajstić information content (AvgIpc) is 2.61. The Bertz CT molecular complexity index is 575. The van der Waals surface area contributed by atoms with Crippen molar-refractivity contribution in [1.29, 1.82) is 0 Å². The lowest BCUT2D eigenvalue weighted by atomic mass is 9.89. The molecular formula is C13H13F3N2O2. The molecule has 0 aliphatic carbocycles. The van der Waals surface area contributed by atoms with Crippen LogP contribution in [0, 0.1) is 5.92 Å². The number of anilines is 1. The molecule has 0 saturated carbocycles. The first-order valence-electron chi connectivity index (χ1n) is 6.22. The summed E-state index contributed by atoms with van der Waals surface area (Å²) >= 11 is 0. The van der Waals surface area contributed by atoms with Crippen molar-refractivity contribution in [3.63, 3.8) is 0 Å². The van der Waals surface area contributed by atoms with E-state index in [1.165, 1.54) is 6.92 Å². The molecule has 2 aliphatic rings. The summed E-state index contributed by atoms with van der Waals surface area (Å²) in [4.78, 5) is 13.2. The molecule has 0 radical (unpaired) electrons. The van der Waals surface area contributed by atoms with Crippen molar-refractivity contribution in [3.05, 3.63) is 29.8 Å². The maximum Gasteiger partial charge on any atom is 0.426 e. The van der Waals surface area contributed by atoms with Gasteiger partial charge in [-0.15, -0.1) is 0 Å². The van der Waals surface area contributed by atoms with Crippen LogP contribution >= 0.6 is 0 Å². The fourth-order valence-corrected chi connectivity index (χ4v) is 2.97. The van der Waals surface area contributed by atoms with Gasteiger partial charge in [-0.1, -0.05) is 25.1 Å². The molecule has 108 valence electrons. The van der Waals surface area contributed by atoms with Crippen LogP contribution in [0.1, 0.15) is 12.5 Å². The summed E-state index contributed by atoms with van der Waals surface area (Å²) in [7, 11) is 0. The van der Waals surface area contributed by atoms with Crippen molar-refractivity contribution in [1.82, 2.24) is 5.32 Å². The van der Waals surface area contributed by atoms with Gasteiger partial charge in [0.05, 0.1) is 6.17 Å². The van der Waals surface area contributed by atoms with Crippen molar-refractivity contribution in [3.8, 4) is 0 Å². The minimum absolute atomic E-state index is 0.364. The highest BCUT2D eigenvalue weighted by atomic mass is 19.4. The van der Waals surface area contributed by atoms with Gasteiger partial charge in [-0.25, -0.2) is 0 Å². The van der Waals surface area contributed by atoms with Crippen LogP contribution in [0.2, 0.25) is 0 Å². The SMILES string of the molecule is C[C@@H]1[C@H]2NCc3ccccc3N2C(=O)[C@]1(O)C(F)(F)F. The third-order valence-electron chi connectivity index (χ3n) is 4.14. The summed E-state index contributed by atoms with van der Waals surface area (Å²) in [6.07, 6.45) is -5.86. The van der Waals surface area contributed by atoms with Gasteiger partial charge in [0.1, 0.15) is 0 Å². The Morgan fingerprint density at radius 3 is 2.70 bits per heavy atom. The summed E-state index contributed by atoms with van der Waals surface area (Å²) in [5, 5.41) is 12.9. The number of aliphatic hydroxyl groups is 1. The van der Waals surface area contributed by atoms with Gasteiger partial charge in [-0.05, 0) is 11.6 Å². The summed E-state index contributed by atoms with van der Waals surface area (Å²) < 4.78 is 39.4. The summed E-state index contributed by atoms with van der Waals surface area (Å²) in [5.74, 6) is -2.61. The largest absolute Gasteiger partial charge is 0.426 e. The number of carbonyl (C=O) groups is 1. The fourth-order valence-electron chi connectivity index (χ4n) is 2.97. The Morgan fingerprint density at radius 2 is 2.05 bits per heavy atom. The van der Waals surface area contributed by atoms with Crippen molar-refractivity contribution < 1.29 is 23.1 Å². The van der Waals surface area contributed by atoms with Crippen molar-refractivity contribution >= 4 is 11.6 Å². The number of alkyl halides is 3. The zero-order valence-electron chi connectivity index (χ0n) is 10.6. The van der Waals surface area contributed by atoms with E-state index in [4.69, 9.17) is 0 Å². The third-order valence-corrected chi connectivity index (χ3v) is 4.14. The maximum absolute atomic E-state index is 13.1. The highest BCUT2D eigenvalue weighted by molar-refractivity contribution is 6.04. The molecule has 20 heavy (non-hydrogen) atoms. The molecule has 0 spiro atoms. The lowest BCUT2D eigenvalue weighted by Crippen LogP contribution is -2.55. The highest BCUT2D eigenvalue weighted by Gasteiger charge is 2.71. The Labute approximate surface area is 113 Å². The molecule has 4 nitrogen and oxygen atoms in total. The van der Waals surface area contributed by atoms with Crippen LogP contribution in [0.3, 0.4) is 0 Å². The second-order valence-corrected chi connectivity index (χ2v) is 5.18. The molecule has 1 saturated heterocycles. The van der Waals surface area contributed by atoms with E-state index in [-0.39, 0.29) is 0 Å². The van der Waals surface area contributed by atoms with Crippen molar-refractivity contribution in [2.75, 3.05) is 4.90 Å². The standard InChI is InChI=1S/C13H13F3N2O2/c1-7-10-17-6-8-4-2-3-5-9(8)18(10)11(19)12(7,20)13(14,15)16/h2-5,7,10,17,20H,6H2,1H3/t7-,10+,12+/m1/s1. The smallest absolute Gasteiger partial charge is 0.372 e. The quantitative estimate of drug-likeness (QED) is 0.758. The number of benzene rings is 1. The van der Waals surface area contributed by atoms with Crippen molar-refractivity contribution in [2.45, 2.75) is 31.4 Å². The average molecular weight is 286 g/mol. The Kier molecular flexibility index (Phi) is 2.65. The topological polar surface area (TPSA) is 52.6 Å². The number of para-hydroxylation sites is 1. The van der Waals surface area contributed by atoms with Crippen molar-refractivity contribution in [2.24, 2.45) is 5.92 Å². The van der Waals surface area contributed by atoms with Gasteiger partial charge in [0.2, 0.25) is 5.60 Å². The van der Waals surface area contributed by atoms with Crippen LogP contribution in [0.25, 0.3) is 0 Å².